The zero-order valence-electron chi connectivity index (χ0n) is 26.5. The molecule has 2 atom stereocenters. The van der Waals surface area contributed by atoms with Crippen molar-refractivity contribution in [2.24, 2.45) is 5.41 Å². The number of carbonyl (C=O) groups excluding carboxylic acids is 1. The van der Waals surface area contributed by atoms with Gasteiger partial charge < -0.3 is 18.7 Å². The van der Waals surface area contributed by atoms with Crippen LogP contribution in [0.2, 0.25) is 0 Å². The molecule has 2 unspecified atom stereocenters. The summed E-state index contributed by atoms with van der Waals surface area (Å²) in [5.74, 6) is 0.857. The number of likely N-dealkylation sites (N-methyl/N-ethyl adjacent to an activating group) is 1. The van der Waals surface area contributed by atoms with Crippen LogP contribution in [0.3, 0.4) is 0 Å². The Morgan fingerprint density at radius 2 is 1.55 bits per heavy atom. The molecule has 1 fully saturated rings. The van der Waals surface area contributed by atoms with Gasteiger partial charge in [-0.05, 0) is 82.4 Å². The van der Waals surface area contributed by atoms with Gasteiger partial charge in [0.25, 0.3) is 0 Å². The minimum Gasteiger partial charge on any atom is -0.488 e. The Morgan fingerprint density at radius 3 is 2.13 bits per heavy atom. The van der Waals surface area contributed by atoms with E-state index in [1.165, 1.54) is 5.56 Å². The molecule has 5 nitrogen and oxygen atoms in total. The highest BCUT2D eigenvalue weighted by molar-refractivity contribution is 5.74. The van der Waals surface area contributed by atoms with E-state index < -0.39 is 0 Å². The first-order chi connectivity index (χ1) is 17.4. The molecule has 1 heterocycles. The number of rotatable bonds is 13. The smallest absolute Gasteiger partial charge is 0.364 e. The molecule has 38 heavy (non-hydrogen) atoms. The van der Waals surface area contributed by atoms with Crippen LogP contribution in [0.1, 0.15) is 113 Å². The third-order valence-corrected chi connectivity index (χ3v) is 8.13. The van der Waals surface area contributed by atoms with E-state index in [0.717, 1.165) is 61.8 Å². The van der Waals surface area contributed by atoms with Crippen LogP contribution in [0, 0.1) is 5.41 Å². The lowest BCUT2D eigenvalue weighted by Crippen LogP contribution is -2.60. The van der Waals surface area contributed by atoms with Gasteiger partial charge in [-0.2, -0.15) is 0 Å². The lowest BCUT2D eigenvalue weighted by molar-refractivity contribution is -0.930. The van der Waals surface area contributed by atoms with Crippen molar-refractivity contribution < 1.29 is 23.5 Å². The molecular formula is C33H58NO4+. The van der Waals surface area contributed by atoms with Gasteiger partial charge in [0.2, 0.25) is 0 Å². The first kappa shape index (κ1) is 32.6. The SMILES string of the molecule is CCOC(=O)C1CCCC[N+]1(C)CCC(C)(C)OCCC(C)(C)Oc1ccc(C(C)(C)CC(C)(C)C)cc1. The van der Waals surface area contributed by atoms with Gasteiger partial charge in [0, 0.05) is 19.3 Å². The summed E-state index contributed by atoms with van der Waals surface area (Å²) in [6, 6.07) is 8.58. The molecule has 5 heteroatoms. The Hall–Kier alpha value is -1.59. The first-order valence-corrected chi connectivity index (χ1v) is 14.8. The second-order valence-electron chi connectivity index (χ2n) is 14.8. The average molecular weight is 533 g/mol. The number of ether oxygens (including phenoxy) is 3. The van der Waals surface area contributed by atoms with Gasteiger partial charge in [0.15, 0.2) is 6.04 Å². The van der Waals surface area contributed by atoms with Gasteiger partial charge in [0.1, 0.15) is 11.4 Å². The van der Waals surface area contributed by atoms with Crippen molar-refractivity contribution >= 4 is 5.97 Å². The molecule has 1 saturated heterocycles. The highest BCUT2D eigenvalue weighted by Crippen LogP contribution is 2.37. The summed E-state index contributed by atoms with van der Waals surface area (Å²) in [6.45, 7) is 25.0. The Balaban J connectivity index is 1.88. The molecule has 1 aromatic carbocycles. The fraction of sp³-hybridized carbons (Fsp3) is 0.788. The molecule has 1 aromatic rings. The van der Waals surface area contributed by atoms with Gasteiger partial charge in [-0.15, -0.1) is 0 Å². The molecule has 2 rings (SSSR count). The molecule has 218 valence electrons. The quantitative estimate of drug-likeness (QED) is 0.193. The monoisotopic (exact) mass is 532 g/mol. The fourth-order valence-corrected chi connectivity index (χ4v) is 6.10. The number of esters is 1. The molecule has 0 aromatic heterocycles. The predicted octanol–water partition coefficient (Wildman–Crippen LogP) is 7.70. The van der Waals surface area contributed by atoms with Crippen molar-refractivity contribution in [2.45, 2.75) is 130 Å². The van der Waals surface area contributed by atoms with Crippen molar-refractivity contribution in [1.29, 1.82) is 0 Å². The standard InChI is InChI=1S/C33H58NO4/c1-12-36-29(35)28-15-13-14-22-34(28,11)23-20-32(7,8)37-24-21-33(9,10)38-27-18-16-26(17-19-27)31(5,6)25-30(2,3)4/h16-19,28H,12-15,20-25H2,1-11H3/q+1. The third kappa shape index (κ3) is 10.2. The number of benzene rings is 1. The Labute approximate surface area is 234 Å². The van der Waals surface area contributed by atoms with E-state index in [0.29, 0.717) is 13.2 Å². The summed E-state index contributed by atoms with van der Waals surface area (Å²) in [5, 5.41) is 0. The molecule has 0 saturated carbocycles. The number of hydrogen-bond acceptors (Lipinski definition) is 4. The van der Waals surface area contributed by atoms with Crippen LogP contribution >= 0.6 is 0 Å². The molecule has 0 radical (unpaired) electrons. The topological polar surface area (TPSA) is 44.8 Å². The Kier molecular flexibility index (Phi) is 10.9. The van der Waals surface area contributed by atoms with Crippen LogP contribution in [-0.2, 0) is 19.7 Å². The van der Waals surface area contributed by atoms with E-state index in [9.17, 15) is 4.79 Å². The van der Waals surface area contributed by atoms with E-state index >= 15 is 0 Å². The normalized spacial score (nSPS) is 21.3. The van der Waals surface area contributed by atoms with Crippen molar-refractivity contribution in [3.8, 4) is 5.75 Å². The van der Waals surface area contributed by atoms with Crippen molar-refractivity contribution in [3.63, 3.8) is 0 Å². The maximum atomic E-state index is 12.6. The zero-order valence-corrected chi connectivity index (χ0v) is 26.5. The molecule has 0 aliphatic carbocycles. The number of hydrogen-bond donors (Lipinski definition) is 0. The summed E-state index contributed by atoms with van der Waals surface area (Å²) in [6.07, 6.45) is 5.99. The van der Waals surface area contributed by atoms with Crippen molar-refractivity contribution in [1.82, 2.24) is 0 Å². The Morgan fingerprint density at radius 1 is 0.921 bits per heavy atom. The van der Waals surface area contributed by atoms with Gasteiger partial charge >= 0.3 is 5.97 Å². The summed E-state index contributed by atoms with van der Waals surface area (Å²) < 4.78 is 18.9. The minimum absolute atomic E-state index is 0.0434. The van der Waals surface area contributed by atoms with Crippen LogP contribution in [0.15, 0.2) is 24.3 Å². The molecule has 0 N–H and O–H groups in total. The highest BCUT2D eigenvalue weighted by atomic mass is 16.5. The van der Waals surface area contributed by atoms with Crippen molar-refractivity contribution in [2.75, 3.05) is 33.4 Å². The molecular weight excluding hydrogens is 474 g/mol. The molecule has 0 amide bonds. The predicted molar refractivity (Wildman–Crippen MR) is 158 cm³/mol. The lowest BCUT2D eigenvalue weighted by atomic mass is 9.72. The molecule has 0 spiro atoms. The van der Waals surface area contributed by atoms with E-state index in [-0.39, 0.29) is 34.0 Å². The van der Waals surface area contributed by atoms with E-state index in [2.05, 4.69) is 93.6 Å². The Bertz CT molecular complexity index is 881. The zero-order chi connectivity index (χ0) is 28.8. The molecule has 1 aliphatic heterocycles. The maximum absolute atomic E-state index is 12.6. The summed E-state index contributed by atoms with van der Waals surface area (Å²) in [7, 11) is 2.21. The number of nitrogens with zero attached hydrogens (tertiary/aromatic N) is 1. The number of carbonyl (C=O) groups is 1. The average Bonchev–Trinajstić information content (AvgIpc) is 2.76. The van der Waals surface area contributed by atoms with Crippen molar-refractivity contribution in [3.05, 3.63) is 29.8 Å². The number of piperidine rings is 1. The largest absolute Gasteiger partial charge is 0.488 e. The van der Waals surface area contributed by atoms with Crippen LogP contribution in [0.4, 0.5) is 0 Å². The minimum atomic E-state index is -0.334. The van der Waals surface area contributed by atoms with E-state index in [1.54, 1.807) is 0 Å². The maximum Gasteiger partial charge on any atom is 0.364 e. The summed E-state index contributed by atoms with van der Waals surface area (Å²) in [4.78, 5) is 12.6. The van der Waals surface area contributed by atoms with E-state index in [4.69, 9.17) is 14.2 Å². The fourth-order valence-electron chi connectivity index (χ4n) is 6.10. The summed E-state index contributed by atoms with van der Waals surface area (Å²) in [5.41, 5.74) is 1.14. The van der Waals surface area contributed by atoms with Gasteiger partial charge in [-0.1, -0.05) is 46.8 Å². The van der Waals surface area contributed by atoms with Crippen LogP contribution < -0.4 is 4.74 Å². The van der Waals surface area contributed by atoms with Gasteiger partial charge in [-0.3, -0.25) is 0 Å². The number of quaternary nitrogens is 1. The second kappa shape index (κ2) is 12.7. The second-order valence-corrected chi connectivity index (χ2v) is 14.8. The molecule has 0 bridgehead atoms. The van der Waals surface area contributed by atoms with Crippen LogP contribution in [-0.4, -0.2) is 61.0 Å². The van der Waals surface area contributed by atoms with Gasteiger partial charge in [-0.25, -0.2) is 4.79 Å². The summed E-state index contributed by atoms with van der Waals surface area (Å²) >= 11 is 0. The number of likely N-dealkylation sites (tertiary alicyclic amines) is 1. The lowest BCUT2D eigenvalue weighted by Gasteiger charge is -2.44. The van der Waals surface area contributed by atoms with E-state index in [1.807, 2.05) is 6.92 Å². The van der Waals surface area contributed by atoms with Crippen LogP contribution in [0.25, 0.3) is 0 Å². The third-order valence-electron chi connectivity index (χ3n) is 8.13. The highest BCUT2D eigenvalue weighted by Gasteiger charge is 2.42. The van der Waals surface area contributed by atoms with Crippen LogP contribution in [0.5, 0.6) is 5.75 Å². The van der Waals surface area contributed by atoms with Gasteiger partial charge in [0.05, 0.1) is 39.0 Å². The first-order valence-electron chi connectivity index (χ1n) is 14.8. The molecule has 1 aliphatic rings.